The molecule has 6 heteroatoms. The van der Waals surface area contributed by atoms with E-state index in [9.17, 15) is 22.4 Å². The fourth-order valence-corrected chi connectivity index (χ4v) is 1.73. The number of nitrogens with one attached hydrogen (secondary N) is 1. The predicted molar refractivity (Wildman–Crippen MR) is 63.5 cm³/mol. The van der Waals surface area contributed by atoms with Crippen molar-refractivity contribution in [3.63, 3.8) is 0 Å². The van der Waals surface area contributed by atoms with Gasteiger partial charge in [-0.15, -0.1) is 0 Å². The average Bonchev–Trinajstić information content (AvgIpc) is 2.27. The monoisotopic (exact) mass is 277 g/mol. The smallest absolute Gasteiger partial charge is 0.314 e. The molecule has 0 aliphatic carbocycles. The van der Waals surface area contributed by atoms with E-state index in [1.165, 1.54) is 0 Å². The maximum Gasteiger partial charge on any atom is 0.419 e. The average molecular weight is 277 g/mol. The first kappa shape index (κ1) is 15.6. The summed E-state index contributed by atoms with van der Waals surface area (Å²) in [4.78, 5) is 11.8. The molecule has 1 aromatic rings. The summed E-state index contributed by atoms with van der Waals surface area (Å²) in [5, 5.41) is 2.99. The molecule has 0 aliphatic heterocycles. The van der Waals surface area contributed by atoms with Gasteiger partial charge in [0.25, 0.3) is 0 Å². The standard InChI is InChI=1S/C13H15F4NO/c1-3-18-8(2)6-12(19)9-4-5-11(14)10(7-9)13(15,16)17/h4-5,7-8,18H,3,6H2,1-2H3. The maximum atomic E-state index is 13.1. The summed E-state index contributed by atoms with van der Waals surface area (Å²) in [5.41, 5.74) is -1.53. The Kier molecular flexibility index (Phi) is 5.05. The van der Waals surface area contributed by atoms with Gasteiger partial charge in [-0.3, -0.25) is 4.79 Å². The molecule has 0 heterocycles. The Morgan fingerprint density at radius 1 is 1.37 bits per heavy atom. The third-order valence-electron chi connectivity index (χ3n) is 2.64. The summed E-state index contributed by atoms with van der Waals surface area (Å²) in [5.74, 6) is -1.82. The first-order chi connectivity index (χ1) is 8.75. The molecule has 1 N–H and O–H groups in total. The van der Waals surface area contributed by atoms with E-state index in [0.717, 1.165) is 6.07 Å². The highest BCUT2D eigenvalue weighted by Crippen LogP contribution is 2.32. The lowest BCUT2D eigenvalue weighted by atomic mass is 10.0. The molecule has 1 unspecified atom stereocenters. The van der Waals surface area contributed by atoms with Gasteiger partial charge in [0.1, 0.15) is 5.82 Å². The lowest BCUT2D eigenvalue weighted by Crippen LogP contribution is -2.28. The molecule has 0 spiro atoms. The Morgan fingerprint density at radius 3 is 2.53 bits per heavy atom. The van der Waals surface area contributed by atoms with Crippen LogP contribution >= 0.6 is 0 Å². The number of benzene rings is 1. The number of rotatable bonds is 5. The van der Waals surface area contributed by atoms with Gasteiger partial charge in [-0.1, -0.05) is 6.92 Å². The lowest BCUT2D eigenvalue weighted by molar-refractivity contribution is -0.140. The summed E-state index contributed by atoms with van der Waals surface area (Å²) in [6.45, 7) is 4.28. The molecule has 1 aromatic carbocycles. The van der Waals surface area contributed by atoms with Gasteiger partial charge in [0.15, 0.2) is 5.78 Å². The zero-order valence-corrected chi connectivity index (χ0v) is 10.6. The normalized spacial score (nSPS) is 13.4. The minimum atomic E-state index is -4.80. The maximum absolute atomic E-state index is 13.1. The minimum Gasteiger partial charge on any atom is -0.314 e. The van der Waals surface area contributed by atoms with Crippen LogP contribution in [0.1, 0.15) is 36.2 Å². The zero-order valence-electron chi connectivity index (χ0n) is 10.6. The number of carbonyl (C=O) groups excluding carboxylic acids is 1. The largest absolute Gasteiger partial charge is 0.419 e. The summed E-state index contributed by atoms with van der Waals surface area (Å²) >= 11 is 0. The summed E-state index contributed by atoms with van der Waals surface area (Å²) in [6.07, 6.45) is -4.73. The van der Waals surface area contributed by atoms with Crippen LogP contribution in [0.3, 0.4) is 0 Å². The van der Waals surface area contributed by atoms with E-state index in [0.29, 0.717) is 18.7 Å². The van der Waals surface area contributed by atoms with E-state index in [4.69, 9.17) is 0 Å². The van der Waals surface area contributed by atoms with Crippen LogP contribution in [-0.2, 0) is 6.18 Å². The van der Waals surface area contributed by atoms with Gasteiger partial charge in [0.05, 0.1) is 5.56 Å². The topological polar surface area (TPSA) is 29.1 Å². The number of alkyl halides is 3. The van der Waals surface area contributed by atoms with Gasteiger partial charge in [-0.25, -0.2) is 4.39 Å². The molecular weight excluding hydrogens is 262 g/mol. The van der Waals surface area contributed by atoms with E-state index >= 15 is 0 Å². The van der Waals surface area contributed by atoms with Crippen LogP contribution in [0.25, 0.3) is 0 Å². The second-order valence-corrected chi connectivity index (χ2v) is 4.28. The van der Waals surface area contributed by atoms with Crippen LogP contribution < -0.4 is 5.32 Å². The van der Waals surface area contributed by atoms with E-state index in [1.54, 1.807) is 6.92 Å². The Bertz CT molecular complexity index is 456. The van der Waals surface area contributed by atoms with Crippen molar-refractivity contribution in [1.29, 1.82) is 0 Å². The fourth-order valence-electron chi connectivity index (χ4n) is 1.73. The molecule has 19 heavy (non-hydrogen) atoms. The molecule has 0 radical (unpaired) electrons. The highest BCUT2D eigenvalue weighted by Gasteiger charge is 2.34. The van der Waals surface area contributed by atoms with Crippen LogP contribution in [0.5, 0.6) is 0 Å². The van der Waals surface area contributed by atoms with Gasteiger partial charge in [0.2, 0.25) is 0 Å². The van der Waals surface area contributed by atoms with Gasteiger partial charge >= 0.3 is 6.18 Å². The molecule has 0 amide bonds. The van der Waals surface area contributed by atoms with E-state index in [2.05, 4.69) is 5.32 Å². The van der Waals surface area contributed by atoms with Crippen molar-refractivity contribution in [2.24, 2.45) is 0 Å². The molecule has 0 saturated heterocycles. The summed E-state index contributed by atoms with van der Waals surface area (Å²) in [7, 11) is 0. The number of Topliss-reactive ketones (excluding diaryl/α,β-unsaturated/α-hetero) is 1. The van der Waals surface area contributed by atoms with E-state index < -0.39 is 23.3 Å². The third kappa shape index (κ3) is 4.31. The van der Waals surface area contributed by atoms with Gasteiger partial charge in [0, 0.05) is 18.0 Å². The molecule has 1 atom stereocenters. The van der Waals surface area contributed by atoms with E-state index in [1.807, 2.05) is 6.92 Å². The summed E-state index contributed by atoms with van der Waals surface area (Å²) < 4.78 is 50.6. The Balaban J connectivity index is 2.93. The van der Waals surface area contributed by atoms with Crippen LogP contribution in [-0.4, -0.2) is 18.4 Å². The molecule has 0 aromatic heterocycles. The number of halogens is 4. The third-order valence-corrected chi connectivity index (χ3v) is 2.64. The van der Waals surface area contributed by atoms with Crippen molar-refractivity contribution in [3.05, 3.63) is 35.1 Å². The van der Waals surface area contributed by atoms with Crippen molar-refractivity contribution in [1.82, 2.24) is 5.32 Å². The number of hydrogen-bond acceptors (Lipinski definition) is 2. The highest BCUT2D eigenvalue weighted by molar-refractivity contribution is 5.96. The van der Waals surface area contributed by atoms with Crippen molar-refractivity contribution in [2.45, 2.75) is 32.5 Å². The van der Waals surface area contributed by atoms with Crippen LogP contribution in [0.4, 0.5) is 17.6 Å². The number of hydrogen-bond donors (Lipinski definition) is 1. The van der Waals surface area contributed by atoms with Crippen molar-refractivity contribution >= 4 is 5.78 Å². The van der Waals surface area contributed by atoms with Crippen LogP contribution in [0.2, 0.25) is 0 Å². The predicted octanol–water partition coefficient (Wildman–Crippen LogP) is 3.42. The highest BCUT2D eigenvalue weighted by atomic mass is 19.4. The molecular formula is C13H15F4NO. The Labute approximate surface area is 108 Å². The molecule has 1 rings (SSSR count). The summed E-state index contributed by atoms with van der Waals surface area (Å²) in [6, 6.07) is 2.17. The first-order valence-electron chi connectivity index (χ1n) is 5.89. The van der Waals surface area contributed by atoms with Crippen molar-refractivity contribution < 1.29 is 22.4 Å². The van der Waals surface area contributed by atoms with Gasteiger partial charge < -0.3 is 5.32 Å². The molecule has 0 bridgehead atoms. The lowest BCUT2D eigenvalue weighted by Gasteiger charge is -2.13. The molecule has 0 aliphatic rings. The molecule has 0 saturated carbocycles. The quantitative estimate of drug-likeness (QED) is 0.660. The van der Waals surface area contributed by atoms with Crippen molar-refractivity contribution in [2.75, 3.05) is 6.54 Å². The van der Waals surface area contributed by atoms with Crippen molar-refractivity contribution in [3.8, 4) is 0 Å². The Hall–Kier alpha value is -1.43. The molecule has 106 valence electrons. The number of ketones is 1. The Morgan fingerprint density at radius 2 is 2.00 bits per heavy atom. The second kappa shape index (κ2) is 6.14. The van der Waals surface area contributed by atoms with Gasteiger partial charge in [-0.05, 0) is 31.7 Å². The second-order valence-electron chi connectivity index (χ2n) is 4.28. The SMILES string of the molecule is CCNC(C)CC(=O)c1ccc(F)c(C(F)(F)F)c1. The van der Waals surface area contributed by atoms with Crippen LogP contribution in [0, 0.1) is 5.82 Å². The number of carbonyl (C=O) groups is 1. The van der Waals surface area contributed by atoms with Gasteiger partial charge in [-0.2, -0.15) is 13.2 Å². The van der Waals surface area contributed by atoms with Crippen LogP contribution in [0.15, 0.2) is 18.2 Å². The molecule has 0 fully saturated rings. The fraction of sp³-hybridized carbons (Fsp3) is 0.462. The first-order valence-corrected chi connectivity index (χ1v) is 5.89. The zero-order chi connectivity index (χ0) is 14.6. The molecule has 2 nitrogen and oxygen atoms in total. The minimum absolute atomic E-state index is 0.0662. The van der Waals surface area contributed by atoms with E-state index in [-0.39, 0.29) is 18.0 Å².